The predicted octanol–water partition coefficient (Wildman–Crippen LogP) is 4.64. The van der Waals surface area contributed by atoms with E-state index >= 15 is 0 Å². The second-order valence-corrected chi connectivity index (χ2v) is 10.1. The van der Waals surface area contributed by atoms with Crippen LogP contribution in [0.15, 0.2) is 53.1 Å². The first kappa shape index (κ1) is 24.4. The van der Waals surface area contributed by atoms with Crippen LogP contribution in [0.4, 0.5) is 10.1 Å². The lowest BCUT2D eigenvalue weighted by Gasteiger charge is -2.33. The summed E-state index contributed by atoms with van der Waals surface area (Å²) in [6.07, 6.45) is 4.17. The zero-order valence-corrected chi connectivity index (χ0v) is 20.8. The van der Waals surface area contributed by atoms with Crippen molar-refractivity contribution in [3.05, 3.63) is 65.8 Å². The number of nitrogens with one attached hydrogen (secondary N) is 1. The minimum atomic E-state index is -0.296. The summed E-state index contributed by atoms with van der Waals surface area (Å²) in [7, 11) is 0. The molecule has 0 spiro atoms. The lowest BCUT2D eigenvalue weighted by Crippen LogP contribution is -2.40. The summed E-state index contributed by atoms with van der Waals surface area (Å²) in [5, 5.41) is 7.14. The average molecular weight is 492 g/mol. The van der Waals surface area contributed by atoms with E-state index in [0.717, 1.165) is 56.1 Å². The molecule has 2 aromatic carbocycles. The molecule has 2 aliphatic rings. The van der Waals surface area contributed by atoms with Gasteiger partial charge in [-0.05, 0) is 86.7 Å². The third kappa shape index (κ3) is 6.10. The van der Waals surface area contributed by atoms with Crippen LogP contribution in [0.25, 0.3) is 11.4 Å². The predicted molar refractivity (Wildman–Crippen MR) is 137 cm³/mol. The largest absolute Gasteiger partial charge is 0.371 e. The number of halogens is 1. The van der Waals surface area contributed by atoms with E-state index in [4.69, 9.17) is 4.52 Å². The van der Waals surface area contributed by atoms with Crippen molar-refractivity contribution in [1.82, 2.24) is 20.4 Å². The van der Waals surface area contributed by atoms with Gasteiger partial charge in [-0.2, -0.15) is 4.98 Å². The number of carbonyl (C=O) groups is 1. The Balaban J connectivity index is 1.05. The van der Waals surface area contributed by atoms with Gasteiger partial charge in [-0.15, -0.1) is 0 Å². The zero-order chi connectivity index (χ0) is 24.9. The van der Waals surface area contributed by atoms with Crippen LogP contribution < -0.4 is 10.2 Å². The highest BCUT2D eigenvalue weighted by molar-refractivity contribution is 5.78. The van der Waals surface area contributed by atoms with Crippen LogP contribution in [0.5, 0.6) is 0 Å². The molecule has 1 atom stereocenters. The Morgan fingerprint density at radius 1 is 1.06 bits per heavy atom. The van der Waals surface area contributed by atoms with E-state index in [-0.39, 0.29) is 17.6 Å². The fraction of sp³-hybridized carbons (Fsp3) is 0.464. The smallest absolute Gasteiger partial charge is 0.241 e. The quantitative estimate of drug-likeness (QED) is 0.519. The van der Waals surface area contributed by atoms with Gasteiger partial charge in [-0.3, -0.25) is 9.69 Å². The molecule has 1 aromatic heterocycles. The second-order valence-electron chi connectivity index (χ2n) is 10.1. The fourth-order valence-corrected chi connectivity index (χ4v) is 5.16. The van der Waals surface area contributed by atoms with Crippen LogP contribution in [0.2, 0.25) is 0 Å². The van der Waals surface area contributed by atoms with E-state index in [9.17, 15) is 9.18 Å². The maximum atomic E-state index is 13.1. The molecule has 0 bridgehead atoms. The number of hydrogen-bond donors (Lipinski definition) is 1. The Morgan fingerprint density at radius 3 is 2.53 bits per heavy atom. The van der Waals surface area contributed by atoms with Crippen molar-refractivity contribution in [2.45, 2.75) is 45.7 Å². The number of anilines is 1. The number of nitrogens with zero attached hydrogens (tertiary/aromatic N) is 4. The number of amides is 1. The SMILES string of the molecule is CC1CCCN(c2ccc(CNC(=O)C3CCN(Cc4nc(-c5ccc(F)cc5)no4)CC3)cc2)C1. The monoisotopic (exact) mass is 491 g/mol. The summed E-state index contributed by atoms with van der Waals surface area (Å²) in [4.78, 5) is 21.9. The van der Waals surface area contributed by atoms with Gasteiger partial charge in [0.25, 0.3) is 0 Å². The van der Waals surface area contributed by atoms with Crippen molar-refractivity contribution in [1.29, 1.82) is 0 Å². The number of carbonyl (C=O) groups excluding carboxylic acids is 1. The highest BCUT2D eigenvalue weighted by Crippen LogP contribution is 2.24. The van der Waals surface area contributed by atoms with Crippen LogP contribution >= 0.6 is 0 Å². The first-order valence-corrected chi connectivity index (χ1v) is 13.0. The van der Waals surface area contributed by atoms with Gasteiger partial charge in [0.1, 0.15) is 5.82 Å². The van der Waals surface area contributed by atoms with Crippen molar-refractivity contribution < 1.29 is 13.7 Å². The average Bonchev–Trinajstić information content (AvgIpc) is 3.37. The number of hydrogen-bond acceptors (Lipinski definition) is 6. The third-order valence-electron chi connectivity index (χ3n) is 7.31. The molecule has 2 fully saturated rings. The minimum Gasteiger partial charge on any atom is -0.371 e. The van der Waals surface area contributed by atoms with E-state index in [0.29, 0.717) is 24.8 Å². The maximum Gasteiger partial charge on any atom is 0.241 e. The summed E-state index contributed by atoms with van der Waals surface area (Å²) in [6, 6.07) is 14.6. The first-order chi connectivity index (χ1) is 17.5. The summed E-state index contributed by atoms with van der Waals surface area (Å²) in [6.45, 7) is 7.27. The summed E-state index contributed by atoms with van der Waals surface area (Å²) in [5.41, 5.74) is 3.12. The maximum absolute atomic E-state index is 13.1. The van der Waals surface area contributed by atoms with Crippen molar-refractivity contribution in [3.8, 4) is 11.4 Å². The lowest BCUT2D eigenvalue weighted by atomic mass is 9.96. The number of rotatable bonds is 7. The van der Waals surface area contributed by atoms with Crippen molar-refractivity contribution in [3.63, 3.8) is 0 Å². The minimum absolute atomic E-state index is 0.0211. The van der Waals surface area contributed by atoms with Crippen LogP contribution in [0, 0.1) is 17.7 Å². The third-order valence-corrected chi connectivity index (χ3v) is 7.31. The van der Waals surface area contributed by atoms with Gasteiger partial charge in [-0.25, -0.2) is 4.39 Å². The molecule has 3 heterocycles. The molecule has 0 radical (unpaired) electrons. The highest BCUT2D eigenvalue weighted by Gasteiger charge is 2.26. The van der Waals surface area contributed by atoms with E-state index in [2.05, 4.69) is 56.4 Å². The molecule has 0 aliphatic carbocycles. The molecular formula is C28H34FN5O2. The van der Waals surface area contributed by atoms with E-state index in [1.165, 1.54) is 30.7 Å². The molecule has 8 heteroatoms. The number of aromatic nitrogens is 2. The van der Waals surface area contributed by atoms with Crippen molar-refractivity contribution >= 4 is 11.6 Å². The molecule has 7 nitrogen and oxygen atoms in total. The molecular weight excluding hydrogens is 457 g/mol. The molecule has 0 saturated carbocycles. The van der Waals surface area contributed by atoms with Gasteiger partial charge in [0.15, 0.2) is 0 Å². The first-order valence-electron chi connectivity index (χ1n) is 13.0. The van der Waals surface area contributed by atoms with Gasteiger partial charge in [-0.1, -0.05) is 24.2 Å². The number of likely N-dealkylation sites (tertiary alicyclic amines) is 1. The highest BCUT2D eigenvalue weighted by atomic mass is 19.1. The van der Waals surface area contributed by atoms with Gasteiger partial charge < -0.3 is 14.7 Å². The molecule has 1 amide bonds. The molecule has 2 aliphatic heterocycles. The number of benzene rings is 2. The molecule has 2 saturated heterocycles. The molecule has 3 aromatic rings. The fourth-order valence-electron chi connectivity index (χ4n) is 5.16. The summed E-state index contributed by atoms with van der Waals surface area (Å²) < 4.78 is 18.5. The Morgan fingerprint density at radius 2 is 1.81 bits per heavy atom. The summed E-state index contributed by atoms with van der Waals surface area (Å²) in [5.74, 6) is 1.58. The van der Waals surface area contributed by atoms with Crippen LogP contribution in [0.1, 0.15) is 44.1 Å². The van der Waals surface area contributed by atoms with Crippen LogP contribution in [0.3, 0.4) is 0 Å². The normalized spacial score (nSPS) is 19.4. The Kier molecular flexibility index (Phi) is 7.60. The molecule has 190 valence electrons. The van der Waals surface area contributed by atoms with Gasteiger partial charge >= 0.3 is 0 Å². The van der Waals surface area contributed by atoms with Gasteiger partial charge in [0.2, 0.25) is 17.6 Å². The van der Waals surface area contributed by atoms with E-state index in [1.54, 1.807) is 12.1 Å². The van der Waals surface area contributed by atoms with E-state index < -0.39 is 0 Å². The zero-order valence-electron chi connectivity index (χ0n) is 20.8. The standard InChI is InChI=1S/C28H34FN5O2/c1-20-3-2-14-34(18-20)25-10-4-21(5-11-25)17-30-28(35)23-12-15-33(16-13-23)19-26-31-27(32-36-26)22-6-8-24(29)9-7-22/h4-11,20,23H,2-3,12-19H2,1H3,(H,30,35). The van der Waals surface area contributed by atoms with Crippen LogP contribution in [-0.2, 0) is 17.9 Å². The van der Waals surface area contributed by atoms with Gasteiger partial charge in [0, 0.05) is 36.8 Å². The van der Waals surface area contributed by atoms with E-state index in [1.807, 2.05) is 0 Å². The van der Waals surface area contributed by atoms with Gasteiger partial charge in [0.05, 0.1) is 6.54 Å². The Labute approximate surface area is 211 Å². The second kappa shape index (κ2) is 11.2. The molecule has 1 unspecified atom stereocenters. The molecule has 1 N–H and O–H groups in total. The summed E-state index contributed by atoms with van der Waals surface area (Å²) >= 11 is 0. The molecule has 36 heavy (non-hydrogen) atoms. The lowest BCUT2D eigenvalue weighted by molar-refractivity contribution is -0.126. The number of piperidine rings is 2. The van der Waals surface area contributed by atoms with Crippen molar-refractivity contribution in [2.24, 2.45) is 11.8 Å². The Bertz CT molecular complexity index is 1140. The Hall–Kier alpha value is -3.26. The molecule has 5 rings (SSSR count). The van der Waals surface area contributed by atoms with Crippen molar-refractivity contribution in [2.75, 3.05) is 31.1 Å². The topological polar surface area (TPSA) is 74.5 Å². The van der Waals surface area contributed by atoms with Crippen LogP contribution in [-0.4, -0.2) is 47.1 Å².